The summed E-state index contributed by atoms with van der Waals surface area (Å²) in [5.74, 6) is -0.112. The average molecular weight is 381 g/mol. The van der Waals surface area contributed by atoms with E-state index in [1.54, 1.807) is 12.1 Å². The van der Waals surface area contributed by atoms with Crippen molar-refractivity contribution in [3.63, 3.8) is 0 Å². The van der Waals surface area contributed by atoms with E-state index in [2.05, 4.69) is 37.2 Å². The highest BCUT2D eigenvalue weighted by Gasteiger charge is 2.06. The highest BCUT2D eigenvalue weighted by Crippen LogP contribution is 2.19. The quantitative estimate of drug-likeness (QED) is 0.714. The van der Waals surface area contributed by atoms with Crippen LogP contribution in [0.25, 0.3) is 0 Å². The van der Waals surface area contributed by atoms with Crippen molar-refractivity contribution in [3.8, 4) is 0 Å². The van der Waals surface area contributed by atoms with Gasteiger partial charge in [-0.3, -0.25) is 4.79 Å². The Bertz CT molecular complexity index is 379. The van der Waals surface area contributed by atoms with Crippen molar-refractivity contribution in [1.29, 1.82) is 0 Å². The molecule has 0 saturated carbocycles. The molecule has 0 aliphatic carbocycles. The van der Waals surface area contributed by atoms with Crippen LogP contribution in [0.5, 0.6) is 0 Å². The number of rotatable bonds is 7. The molecule has 4 nitrogen and oxygen atoms in total. The zero-order valence-corrected chi connectivity index (χ0v) is 13.0. The molecule has 0 unspecified atom stereocenters. The lowest BCUT2D eigenvalue weighted by Crippen LogP contribution is -2.25. The first-order valence-corrected chi connectivity index (χ1v) is 7.15. The molecule has 0 aliphatic rings. The lowest BCUT2D eigenvalue weighted by Gasteiger charge is -2.06. The fraction of sp³-hybridized carbons (Fsp3) is 0.417. The Labute approximate surface area is 123 Å². The fourth-order valence-corrected chi connectivity index (χ4v) is 2.62. The van der Waals surface area contributed by atoms with E-state index in [-0.39, 0.29) is 12.5 Å². The number of amides is 1. The third kappa shape index (κ3) is 5.95. The van der Waals surface area contributed by atoms with E-state index in [0.29, 0.717) is 25.3 Å². The molecule has 0 fully saturated rings. The molecule has 1 aromatic carbocycles. The molecule has 0 spiro atoms. The molecule has 1 rings (SSSR count). The normalized spacial score (nSPS) is 10.4. The maximum absolute atomic E-state index is 11.8. The molecule has 18 heavy (non-hydrogen) atoms. The molecule has 100 valence electrons. The van der Waals surface area contributed by atoms with Crippen molar-refractivity contribution in [1.82, 2.24) is 5.32 Å². The molecule has 0 aliphatic heterocycles. The van der Waals surface area contributed by atoms with Gasteiger partial charge in [-0.2, -0.15) is 0 Å². The minimum atomic E-state index is -0.112. The smallest absolute Gasteiger partial charge is 0.251 e. The van der Waals surface area contributed by atoms with E-state index in [1.807, 2.05) is 6.07 Å². The number of carbonyl (C=O) groups excluding carboxylic acids is 1. The van der Waals surface area contributed by atoms with E-state index in [4.69, 9.17) is 9.84 Å². The number of nitrogens with one attached hydrogen (secondary N) is 1. The zero-order chi connectivity index (χ0) is 13.4. The number of ether oxygens (including phenoxy) is 1. The summed E-state index contributed by atoms with van der Waals surface area (Å²) < 4.78 is 6.80. The molecule has 1 aromatic rings. The molecular weight excluding hydrogens is 366 g/mol. The van der Waals surface area contributed by atoms with Crippen molar-refractivity contribution in [2.24, 2.45) is 0 Å². The molecule has 0 atom stereocenters. The first-order chi connectivity index (χ1) is 8.63. The molecular formula is C12H15Br2NO3. The number of halogens is 2. The zero-order valence-electron chi connectivity index (χ0n) is 9.79. The Hall–Kier alpha value is -0.430. The van der Waals surface area contributed by atoms with Crippen molar-refractivity contribution < 1.29 is 14.6 Å². The van der Waals surface area contributed by atoms with Crippen LogP contribution in [0.3, 0.4) is 0 Å². The third-order valence-electron chi connectivity index (χ3n) is 2.11. The Kier molecular flexibility index (Phi) is 7.50. The van der Waals surface area contributed by atoms with Crippen molar-refractivity contribution in [3.05, 3.63) is 32.7 Å². The predicted octanol–water partition coefficient (Wildman–Crippen LogP) is 2.34. The molecule has 2 N–H and O–H groups in total. The number of aliphatic hydroxyl groups is 1. The lowest BCUT2D eigenvalue weighted by molar-refractivity contribution is 0.0867. The Morgan fingerprint density at radius 2 is 1.89 bits per heavy atom. The highest BCUT2D eigenvalue weighted by molar-refractivity contribution is 9.11. The van der Waals surface area contributed by atoms with Gasteiger partial charge in [0.05, 0.1) is 13.2 Å². The summed E-state index contributed by atoms with van der Waals surface area (Å²) in [6.45, 7) is 1.45. The first-order valence-electron chi connectivity index (χ1n) is 5.56. The van der Waals surface area contributed by atoms with Crippen LogP contribution in [0, 0.1) is 0 Å². The summed E-state index contributed by atoms with van der Waals surface area (Å²) in [4.78, 5) is 11.8. The lowest BCUT2D eigenvalue weighted by atomic mass is 10.2. The van der Waals surface area contributed by atoms with E-state index in [9.17, 15) is 4.79 Å². The Morgan fingerprint density at radius 1 is 1.22 bits per heavy atom. The standard InChI is InChI=1S/C12H15Br2NO3/c13-10-6-9(7-11(14)8-10)12(17)15-2-1-4-18-5-3-16/h6-8,16H,1-5H2,(H,15,17). The van der Waals surface area contributed by atoms with Crippen LogP contribution >= 0.6 is 31.9 Å². The SMILES string of the molecule is O=C(NCCCOCCO)c1cc(Br)cc(Br)c1. The summed E-state index contributed by atoms with van der Waals surface area (Å²) in [7, 11) is 0. The van der Waals surface area contributed by atoms with Gasteiger partial charge >= 0.3 is 0 Å². The predicted molar refractivity (Wildman–Crippen MR) is 76.7 cm³/mol. The number of hydrogen-bond acceptors (Lipinski definition) is 3. The van der Waals surface area contributed by atoms with Gasteiger partial charge in [0, 0.05) is 27.7 Å². The van der Waals surface area contributed by atoms with Crippen LogP contribution in [0.15, 0.2) is 27.1 Å². The van der Waals surface area contributed by atoms with Gasteiger partial charge in [-0.05, 0) is 24.6 Å². The van der Waals surface area contributed by atoms with Crippen LogP contribution in [0.2, 0.25) is 0 Å². The van der Waals surface area contributed by atoms with Crippen molar-refractivity contribution in [2.75, 3.05) is 26.4 Å². The summed E-state index contributed by atoms with van der Waals surface area (Å²) >= 11 is 6.68. The molecule has 0 saturated heterocycles. The van der Waals surface area contributed by atoms with Crippen LogP contribution < -0.4 is 5.32 Å². The van der Waals surface area contributed by atoms with Crippen LogP contribution in [0.4, 0.5) is 0 Å². The second kappa shape index (κ2) is 8.63. The molecule has 0 bridgehead atoms. The van der Waals surface area contributed by atoms with E-state index < -0.39 is 0 Å². The van der Waals surface area contributed by atoms with Crippen molar-refractivity contribution in [2.45, 2.75) is 6.42 Å². The number of hydrogen-bond donors (Lipinski definition) is 2. The third-order valence-corrected chi connectivity index (χ3v) is 3.03. The summed E-state index contributed by atoms with van der Waals surface area (Å²) in [5, 5.41) is 11.3. The van der Waals surface area contributed by atoms with Crippen LogP contribution in [-0.2, 0) is 4.74 Å². The number of aliphatic hydroxyl groups excluding tert-OH is 1. The van der Waals surface area contributed by atoms with Gasteiger partial charge in [0.1, 0.15) is 0 Å². The Morgan fingerprint density at radius 3 is 2.50 bits per heavy atom. The highest BCUT2D eigenvalue weighted by atomic mass is 79.9. The molecule has 0 heterocycles. The van der Waals surface area contributed by atoms with Gasteiger partial charge in [0.2, 0.25) is 0 Å². The minimum absolute atomic E-state index is 0.0262. The first kappa shape index (κ1) is 15.6. The average Bonchev–Trinajstić information content (AvgIpc) is 2.32. The van der Waals surface area contributed by atoms with E-state index in [0.717, 1.165) is 15.4 Å². The topological polar surface area (TPSA) is 58.6 Å². The number of benzene rings is 1. The summed E-state index contributed by atoms with van der Waals surface area (Å²) in [6, 6.07) is 5.41. The maximum Gasteiger partial charge on any atom is 0.251 e. The molecule has 1 amide bonds. The number of carbonyl (C=O) groups is 1. The molecule has 0 radical (unpaired) electrons. The fourth-order valence-electron chi connectivity index (χ4n) is 1.33. The van der Waals surface area contributed by atoms with Gasteiger partial charge in [-0.15, -0.1) is 0 Å². The Balaban J connectivity index is 2.32. The summed E-state index contributed by atoms with van der Waals surface area (Å²) in [5.41, 5.74) is 0.604. The largest absolute Gasteiger partial charge is 0.394 e. The van der Waals surface area contributed by atoms with Gasteiger partial charge in [0.15, 0.2) is 0 Å². The monoisotopic (exact) mass is 379 g/mol. The minimum Gasteiger partial charge on any atom is -0.394 e. The second-order valence-electron chi connectivity index (χ2n) is 3.60. The van der Waals surface area contributed by atoms with Crippen LogP contribution in [-0.4, -0.2) is 37.4 Å². The van der Waals surface area contributed by atoms with E-state index in [1.165, 1.54) is 0 Å². The molecule has 0 aromatic heterocycles. The van der Waals surface area contributed by atoms with Gasteiger partial charge < -0.3 is 15.2 Å². The van der Waals surface area contributed by atoms with Gasteiger partial charge in [0.25, 0.3) is 5.91 Å². The van der Waals surface area contributed by atoms with Crippen LogP contribution in [0.1, 0.15) is 16.8 Å². The van der Waals surface area contributed by atoms with Gasteiger partial charge in [-0.25, -0.2) is 0 Å². The second-order valence-corrected chi connectivity index (χ2v) is 5.43. The van der Waals surface area contributed by atoms with E-state index >= 15 is 0 Å². The maximum atomic E-state index is 11.8. The molecule has 6 heteroatoms. The van der Waals surface area contributed by atoms with Gasteiger partial charge in [-0.1, -0.05) is 31.9 Å². The van der Waals surface area contributed by atoms with Crippen molar-refractivity contribution >= 4 is 37.8 Å². The summed E-state index contributed by atoms with van der Waals surface area (Å²) in [6.07, 6.45) is 0.723.